The molecule has 2 aliphatic heterocycles. The maximum atomic E-state index is 12.7. The van der Waals surface area contributed by atoms with Crippen LogP contribution in [0.4, 0.5) is 16.2 Å². The fourth-order valence-electron chi connectivity index (χ4n) is 5.35. The fraction of sp³-hybridized carbons (Fsp3) is 0.414. The Kier molecular flexibility index (Phi) is 8.38. The Morgan fingerprint density at radius 2 is 1.77 bits per heavy atom. The second kappa shape index (κ2) is 12.3. The number of methoxy groups -OCH3 is 2. The molecule has 2 aliphatic rings. The lowest BCUT2D eigenvalue weighted by molar-refractivity contribution is 0.0115. The third kappa shape index (κ3) is 5.83. The van der Waals surface area contributed by atoms with Crippen molar-refractivity contribution in [3.05, 3.63) is 53.9 Å². The molecule has 2 fully saturated rings. The van der Waals surface area contributed by atoms with Crippen LogP contribution in [0, 0.1) is 18.3 Å². The Bertz CT molecular complexity index is 1390. The number of amides is 1. The number of carbonyl (C=O) groups excluding carboxylic acids is 1. The van der Waals surface area contributed by atoms with Gasteiger partial charge >= 0.3 is 6.09 Å². The lowest BCUT2D eigenvalue weighted by Gasteiger charge is -2.41. The number of nitrogens with one attached hydrogen (secondary N) is 1. The van der Waals surface area contributed by atoms with E-state index in [1.165, 1.54) is 6.20 Å². The van der Waals surface area contributed by atoms with Crippen LogP contribution in [-0.4, -0.2) is 80.4 Å². The van der Waals surface area contributed by atoms with E-state index < -0.39 is 6.09 Å². The minimum Gasteiger partial charge on any atom is -0.493 e. The van der Waals surface area contributed by atoms with Crippen molar-refractivity contribution in [1.29, 1.82) is 5.26 Å². The number of aromatic nitrogens is 2. The zero-order valence-electron chi connectivity index (χ0n) is 23.1. The highest BCUT2D eigenvalue weighted by atomic mass is 16.6. The highest BCUT2D eigenvalue weighted by Gasteiger charge is 2.27. The first-order valence-corrected chi connectivity index (χ1v) is 13.4. The number of ether oxygens (including phenoxy) is 4. The van der Waals surface area contributed by atoms with E-state index >= 15 is 0 Å². The topological polar surface area (TPSA) is 114 Å². The van der Waals surface area contributed by atoms with Gasteiger partial charge in [0.1, 0.15) is 6.07 Å². The lowest BCUT2D eigenvalue weighted by Crippen LogP contribution is -2.49. The molecule has 1 N–H and O–H groups in total. The maximum absolute atomic E-state index is 12.7. The molecule has 2 saturated heterocycles. The number of piperidine rings is 1. The smallest absolute Gasteiger partial charge is 0.417 e. The molecule has 0 saturated carbocycles. The van der Waals surface area contributed by atoms with Crippen molar-refractivity contribution in [2.75, 3.05) is 63.8 Å². The number of morpholine rings is 1. The minimum atomic E-state index is -0.669. The van der Waals surface area contributed by atoms with Gasteiger partial charge in [-0.15, -0.1) is 0 Å². The molecule has 0 aliphatic carbocycles. The summed E-state index contributed by atoms with van der Waals surface area (Å²) < 4.78 is 23.4. The number of benzene rings is 2. The highest BCUT2D eigenvalue weighted by Crippen LogP contribution is 2.31. The van der Waals surface area contributed by atoms with Gasteiger partial charge in [0.05, 0.1) is 56.3 Å². The summed E-state index contributed by atoms with van der Waals surface area (Å²) in [7, 11) is 3.14. The maximum Gasteiger partial charge on any atom is 0.417 e. The van der Waals surface area contributed by atoms with Gasteiger partial charge in [0.25, 0.3) is 0 Å². The highest BCUT2D eigenvalue weighted by molar-refractivity contribution is 5.87. The number of hydrogen-bond donors (Lipinski definition) is 1. The number of hydrogen-bond acceptors (Lipinski definition) is 9. The molecule has 210 valence electrons. The molecule has 0 spiro atoms. The molecule has 1 aromatic heterocycles. The molecule has 3 aromatic rings. The van der Waals surface area contributed by atoms with Gasteiger partial charge in [-0.3, -0.25) is 10.2 Å². The normalized spacial score (nSPS) is 16.3. The van der Waals surface area contributed by atoms with E-state index in [0.717, 1.165) is 63.6 Å². The quantitative estimate of drug-likeness (QED) is 0.470. The largest absolute Gasteiger partial charge is 0.493 e. The van der Waals surface area contributed by atoms with Crippen LogP contribution < -0.4 is 24.4 Å². The summed E-state index contributed by atoms with van der Waals surface area (Å²) in [6, 6.07) is 13.6. The summed E-state index contributed by atoms with van der Waals surface area (Å²) >= 11 is 0. The first-order chi connectivity index (χ1) is 19.5. The van der Waals surface area contributed by atoms with Gasteiger partial charge in [-0.05, 0) is 50.1 Å². The van der Waals surface area contributed by atoms with Gasteiger partial charge in [0.2, 0.25) is 0 Å². The fourth-order valence-corrected chi connectivity index (χ4v) is 5.35. The molecule has 2 aromatic carbocycles. The van der Waals surface area contributed by atoms with Crippen molar-refractivity contribution >= 4 is 17.5 Å². The molecular weight excluding hydrogens is 512 g/mol. The first kappa shape index (κ1) is 27.3. The number of carbonyl (C=O) groups is 1. The molecule has 1 amide bonds. The Hall–Kier alpha value is -4.27. The molecule has 3 heterocycles. The van der Waals surface area contributed by atoms with Crippen LogP contribution >= 0.6 is 0 Å². The number of nitrogens with zero attached hydrogens (tertiary/aromatic N) is 5. The molecule has 0 atom stereocenters. The summed E-state index contributed by atoms with van der Waals surface area (Å²) in [6.45, 7) is 7.15. The Morgan fingerprint density at radius 1 is 1.02 bits per heavy atom. The van der Waals surface area contributed by atoms with Crippen LogP contribution in [0.5, 0.6) is 17.2 Å². The van der Waals surface area contributed by atoms with Gasteiger partial charge < -0.3 is 23.8 Å². The van der Waals surface area contributed by atoms with Crippen LogP contribution in [0.1, 0.15) is 24.1 Å². The molecule has 0 unspecified atom stereocenters. The average molecular weight is 547 g/mol. The zero-order chi connectivity index (χ0) is 28.1. The average Bonchev–Trinajstić information content (AvgIpc) is 3.36. The first-order valence-electron chi connectivity index (χ1n) is 13.4. The van der Waals surface area contributed by atoms with E-state index in [2.05, 4.69) is 26.3 Å². The van der Waals surface area contributed by atoms with Crippen LogP contribution in [-0.2, 0) is 4.74 Å². The van der Waals surface area contributed by atoms with Crippen molar-refractivity contribution in [1.82, 2.24) is 14.7 Å². The van der Waals surface area contributed by atoms with Crippen molar-refractivity contribution in [2.45, 2.75) is 25.8 Å². The second-order valence-corrected chi connectivity index (χ2v) is 9.77. The molecule has 40 heavy (non-hydrogen) atoms. The van der Waals surface area contributed by atoms with Crippen molar-refractivity contribution < 1.29 is 23.7 Å². The third-order valence-corrected chi connectivity index (χ3v) is 7.51. The zero-order valence-corrected chi connectivity index (χ0v) is 23.1. The predicted molar refractivity (Wildman–Crippen MR) is 150 cm³/mol. The summed E-state index contributed by atoms with van der Waals surface area (Å²) in [6.07, 6.45) is 2.91. The Morgan fingerprint density at radius 3 is 2.48 bits per heavy atom. The van der Waals surface area contributed by atoms with E-state index in [1.54, 1.807) is 50.1 Å². The van der Waals surface area contributed by atoms with Gasteiger partial charge in [-0.2, -0.15) is 10.4 Å². The molecule has 5 rings (SSSR count). The van der Waals surface area contributed by atoms with Crippen LogP contribution in [0.2, 0.25) is 0 Å². The van der Waals surface area contributed by atoms with Crippen LogP contribution in [0.15, 0.2) is 42.6 Å². The summed E-state index contributed by atoms with van der Waals surface area (Å²) in [4.78, 5) is 17.5. The van der Waals surface area contributed by atoms with Crippen LogP contribution in [0.3, 0.4) is 0 Å². The number of rotatable bonds is 7. The van der Waals surface area contributed by atoms with Gasteiger partial charge in [0, 0.05) is 44.0 Å². The molecule has 0 bridgehead atoms. The number of anilines is 2. The SMILES string of the molecule is COc1ccc(-n2ncc(OC(=O)Nc3ccc(N4CCC(N5CCOCC5)CC4)c(C#N)c3)c2C)cc1OC. The summed E-state index contributed by atoms with van der Waals surface area (Å²) in [5.74, 6) is 1.48. The van der Waals surface area contributed by atoms with E-state index in [-0.39, 0.29) is 0 Å². The monoisotopic (exact) mass is 546 g/mol. The van der Waals surface area contributed by atoms with E-state index in [9.17, 15) is 10.1 Å². The minimum absolute atomic E-state index is 0.313. The van der Waals surface area contributed by atoms with Crippen molar-refractivity contribution in [2.24, 2.45) is 0 Å². The molecule has 11 nitrogen and oxygen atoms in total. The lowest BCUT2D eigenvalue weighted by atomic mass is 10.0. The second-order valence-electron chi connectivity index (χ2n) is 9.77. The van der Waals surface area contributed by atoms with Crippen molar-refractivity contribution in [3.8, 4) is 29.0 Å². The third-order valence-electron chi connectivity index (χ3n) is 7.51. The Balaban J connectivity index is 1.21. The van der Waals surface area contributed by atoms with Gasteiger partial charge in [0.15, 0.2) is 17.2 Å². The van der Waals surface area contributed by atoms with E-state index in [1.807, 2.05) is 12.1 Å². The number of nitriles is 1. The predicted octanol–water partition coefficient (Wildman–Crippen LogP) is 3.98. The Labute approximate surface area is 233 Å². The standard InChI is InChI=1S/C29H34N6O5/c1-20-28(19-31-35(20)24-5-7-26(37-2)27(17-24)38-3)40-29(36)32-22-4-6-25(21(16-22)18-30)34-10-8-23(9-11-34)33-12-14-39-15-13-33/h4-7,16-17,19,23H,8-15H2,1-3H3,(H,32,36). The molecule has 0 radical (unpaired) electrons. The summed E-state index contributed by atoms with van der Waals surface area (Å²) in [5.41, 5.74) is 3.25. The van der Waals surface area contributed by atoms with E-state index in [0.29, 0.717) is 40.2 Å². The van der Waals surface area contributed by atoms with Gasteiger partial charge in [-0.25, -0.2) is 9.48 Å². The molecule has 11 heteroatoms. The summed E-state index contributed by atoms with van der Waals surface area (Å²) in [5, 5.41) is 16.9. The van der Waals surface area contributed by atoms with Gasteiger partial charge in [-0.1, -0.05) is 0 Å². The van der Waals surface area contributed by atoms with Crippen molar-refractivity contribution in [3.63, 3.8) is 0 Å². The van der Waals surface area contributed by atoms with Crippen LogP contribution in [0.25, 0.3) is 5.69 Å². The molecular formula is C29H34N6O5. The van der Waals surface area contributed by atoms with E-state index in [4.69, 9.17) is 18.9 Å².